The Morgan fingerprint density at radius 3 is 1.98 bits per heavy atom. The number of likely N-dealkylation sites (tertiary alicyclic amines) is 1. The molecule has 15 nitrogen and oxygen atoms in total. The lowest BCUT2D eigenvalue weighted by atomic mass is 9.99. The first-order valence-electron chi connectivity index (χ1n) is 20.1. The van der Waals surface area contributed by atoms with E-state index in [0.29, 0.717) is 31.2 Å². The summed E-state index contributed by atoms with van der Waals surface area (Å²) < 4.78 is 11.1. The number of nitrogens with two attached hydrogens (primary N) is 1. The van der Waals surface area contributed by atoms with Crippen LogP contribution in [-0.4, -0.2) is 92.8 Å². The summed E-state index contributed by atoms with van der Waals surface area (Å²) in [5.41, 5.74) is 7.43. The Bertz CT molecular complexity index is 2260. The summed E-state index contributed by atoms with van der Waals surface area (Å²) in [6.45, 7) is 10.9. The average molecular weight is 806 g/mol. The number of amides is 4. The van der Waals surface area contributed by atoms with Crippen molar-refractivity contribution in [2.24, 2.45) is 11.8 Å². The first-order valence-corrected chi connectivity index (χ1v) is 20.1. The molecule has 1 aliphatic rings. The fourth-order valence-corrected chi connectivity index (χ4v) is 7.63. The highest BCUT2D eigenvalue weighted by molar-refractivity contribution is 5.87. The molecule has 59 heavy (non-hydrogen) atoms. The zero-order valence-electron chi connectivity index (χ0n) is 34.8. The number of ether oxygens (including phenoxy) is 2. The number of nitrogens with zero attached hydrogens (tertiary/aromatic N) is 5. The monoisotopic (exact) mass is 805 g/mol. The molecule has 0 radical (unpaired) electrons. The number of methoxy groups -OCH3 is 2. The van der Waals surface area contributed by atoms with E-state index in [1.54, 1.807) is 20.7 Å². The van der Waals surface area contributed by atoms with Crippen LogP contribution in [0.4, 0.5) is 9.59 Å². The van der Waals surface area contributed by atoms with E-state index < -0.39 is 24.3 Å². The van der Waals surface area contributed by atoms with Crippen LogP contribution < -0.4 is 16.5 Å². The van der Waals surface area contributed by atoms with Gasteiger partial charge in [0.15, 0.2) is 0 Å². The number of aromatic amines is 1. The number of fused-ring (bicyclic) bond motifs is 1. The molecule has 0 spiro atoms. The molecule has 0 bridgehead atoms. The van der Waals surface area contributed by atoms with E-state index in [1.807, 2.05) is 71.0 Å². The van der Waals surface area contributed by atoms with E-state index in [1.165, 1.54) is 14.2 Å². The smallest absolute Gasteiger partial charge is 0.407 e. The number of carbonyl (C=O) groups is 4. The molecular weight excluding hydrogens is 751 g/mol. The highest BCUT2D eigenvalue weighted by Crippen LogP contribution is 2.35. The summed E-state index contributed by atoms with van der Waals surface area (Å²) in [6, 6.07) is 20.8. The van der Waals surface area contributed by atoms with E-state index in [2.05, 4.69) is 50.9 Å². The second-order valence-corrected chi connectivity index (χ2v) is 15.6. The van der Waals surface area contributed by atoms with Crippen molar-refractivity contribution in [2.45, 2.75) is 78.6 Å². The molecule has 3 atom stereocenters. The maximum atomic E-state index is 13.6. The van der Waals surface area contributed by atoms with Crippen LogP contribution in [0.2, 0.25) is 0 Å². The Morgan fingerprint density at radius 1 is 0.847 bits per heavy atom. The number of rotatable bonds is 14. The zero-order valence-corrected chi connectivity index (χ0v) is 34.8. The Hall–Kier alpha value is -6.38. The van der Waals surface area contributed by atoms with Crippen molar-refractivity contribution in [3.63, 3.8) is 0 Å². The number of aromatic nitrogens is 4. The van der Waals surface area contributed by atoms with Crippen LogP contribution in [-0.2, 0) is 25.6 Å². The van der Waals surface area contributed by atoms with Crippen LogP contribution in [0.15, 0.2) is 72.9 Å². The third-order valence-corrected chi connectivity index (χ3v) is 10.9. The number of imidazole rings is 2. The van der Waals surface area contributed by atoms with E-state index >= 15 is 0 Å². The Balaban J connectivity index is 1.14. The number of nitrogen functional groups attached to an aromatic ring is 1. The second kappa shape index (κ2) is 18.5. The largest absolute Gasteiger partial charge is 0.453 e. The van der Waals surface area contributed by atoms with Gasteiger partial charge in [-0.25, -0.2) is 24.2 Å². The van der Waals surface area contributed by atoms with Gasteiger partial charge in [0.2, 0.25) is 11.8 Å². The van der Waals surface area contributed by atoms with Crippen molar-refractivity contribution in [1.82, 2.24) is 40.1 Å². The number of benzene rings is 3. The summed E-state index contributed by atoms with van der Waals surface area (Å²) >= 11 is 0. The van der Waals surface area contributed by atoms with Crippen molar-refractivity contribution in [1.29, 1.82) is 0 Å². The van der Waals surface area contributed by atoms with Crippen LogP contribution in [0.5, 0.6) is 0 Å². The highest BCUT2D eigenvalue weighted by Gasteiger charge is 2.38. The molecule has 6 rings (SSSR count). The predicted octanol–water partition coefficient (Wildman–Crippen LogP) is 6.64. The molecule has 2 aromatic heterocycles. The SMILES string of the molecule is CCCN(Cc1nc2ccc(-c3ccc(-c4ccc(-c5cnc(C6CCCN6C(=O)C(NC(=O)OC)C(C)C)n5N)cc4)cc3)cc2[nH]1)C(=O)C(NC(=O)OC)C(C)C. The standard InChI is InChI=1S/C44H55N9O6/c1-8-21-51(41(54)38(26(2)3)49-43(56)58-6)25-37-47-33-20-19-32(23-34(33)48-37)30-13-11-28(12-14-30)29-15-17-31(18-16-29)36-24-46-40(53(36)45)35-10-9-22-52(35)42(55)39(27(4)5)50-44(57)59-7/h11-20,23-24,26-27,35,38-39H,8-10,21-22,25,45H2,1-7H3,(H,47,48)(H,49,56)(H,50,57). The molecular formula is C44H55N9O6. The van der Waals surface area contributed by atoms with Gasteiger partial charge in [-0.2, -0.15) is 0 Å². The Morgan fingerprint density at radius 2 is 1.41 bits per heavy atom. The maximum absolute atomic E-state index is 13.6. The molecule has 5 N–H and O–H groups in total. The number of hydrogen-bond acceptors (Lipinski definition) is 9. The van der Waals surface area contributed by atoms with Gasteiger partial charge in [-0.05, 0) is 65.5 Å². The van der Waals surface area contributed by atoms with E-state index in [4.69, 9.17) is 20.3 Å². The molecule has 15 heteroatoms. The molecule has 3 aromatic carbocycles. The molecule has 3 heterocycles. The van der Waals surface area contributed by atoms with Crippen LogP contribution in [0, 0.1) is 11.8 Å². The molecule has 1 fully saturated rings. The van der Waals surface area contributed by atoms with Crippen LogP contribution in [0.25, 0.3) is 44.5 Å². The third-order valence-electron chi connectivity index (χ3n) is 10.9. The van der Waals surface area contributed by atoms with Crippen molar-refractivity contribution in [2.75, 3.05) is 33.2 Å². The molecule has 0 saturated carbocycles. The van der Waals surface area contributed by atoms with Gasteiger partial charge in [0.05, 0.1) is 49.7 Å². The van der Waals surface area contributed by atoms with Gasteiger partial charge in [0, 0.05) is 18.7 Å². The molecule has 0 aliphatic carbocycles. The van der Waals surface area contributed by atoms with Gasteiger partial charge in [-0.3, -0.25) is 9.59 Å². The molecule has 5 aromatic rings. The van der Waals surface area contributed by atoms with Crippen LogP contribution in [0.3, 0.4) is 0 Å². The minimum atomic E-state index is -0.728. The second-order valence-electron chi connectivity index (χ2n) is 15.6. The predicted molar refractivity (Wildman–Crippen MR) is 226 cm³/mol. The van der Waals surface area contributed by atoms with Gasteiger partial charge < -0.3 is 40.7 Å². The van der Waals surface area contributed by atoms with Gasteiger partial charge in [0.1, 0.15) is 23.7 Å². The number of nitrogens with one attached hydrogen (secondary N) is 3. The Labute approximate surface area is 344 Å². The van der Waals surface area contributed by atoms with E-state index in [9.17, 15) is 19.2 Å². The lowest BCUT2D eigenvalue weighted by molar-refractivity contribution is -0.136. The van der Waals surface area contributed by atoms with Crippen LogP contribution >= 0.6 is 0 Å². The molecule has 3 unspecified atom stereocenters. The number of H-pyrrole nitrogens is 1. The molecule has 1 saturated heterocycles. The first-order chi connectivity index (χ1) is 28.3. The number of hydrogen-bond donors (Lipinski definition) is 4. The topological polar surface area (TPSA) is 190 Å². The minimum absolute atomic E-state index is 0.126. The highest BCUT2D eigenvalue weighted by atomic mass is 16.5. The normalized spacial score (nSPS) is 15.0. The zero-order chi connectivity index (χ0) is 42.4. The average Bonchev–Trinajstić information content (AvgIpc) is 3.98. The first kappa shape index (κ1) is 42.2. The van der Waals surface area contributed by atoms with E-state index in [0.717, 1.165) is 57.4 Å². The molecule has 312 valence electrons. The van der Waals surface area contributed by atoms with Gasteiger partial charge in [0.25, 0.3) is 0 Å². The summed E-state index contributed by atoms with van der Waals surface area (Å²) in [4.78, 5) is 67.4. The molecule has 1 aliphatic heterocycles. The summed E-state index contributed by atoms with van der Waals surface area (Å²) in [6.07, 6.45) is 2.72. The van der Waals surface area contributed by atoms with Gasteiger partial charge in [-0.1, -0.05) is 89.2 Å². The number of alkyl carbamates (subject to hydrolysis) is 2. The van der Waals surface area contributed by atoms with Gasteiger partial charge >= 0.3 is 12.2 Å². The lowest BCUT2D eigenvalue weighted by Crippen LogP contribution is -2.51. The van der Waals surface area contributed by atoms with Crippen molar-refractivity contribution >= 4 is 35.0 Å². The summed E-state index contributed by atoms with van der Waals surface area (Å²) in [7, 11) is 2.56. The minimum Gasteiger partial charge on any atom is -0.453 e. The molecule has 4 amide bonds. The van der Waals surface area contributed by atoms with Crippen molar-refractivity contribution in [3.05, 3.63) is 84.6 Å². The van der Waals surface area contributed by atoms with Gasteiger partial charge in [-0.15, -0.1) is 0 Å². The third kappa shape index (κ3) is 9.35. The van der Waals surface area contributed by atoms with Crippen LogP contribution in [0.1, 0.15) is 71.6 Å². The number of carbonyl (C=O) groups excluding carboxylic acids is 4. The quantitative estimate of drug-likeness (QED) is 0.0892. The lowest BCUT2D eigenvalue weighted by Gasteiger charge is -2.30. The fraction of sp³-hybridized carbons (Fsp3) is 0.409. The van der Waals surface area contributed by atoms with E-state index in [-0.39, 0.29) is 36.2 Å². The Kier molecular flexibility index (Phi) is 13.2. The van der Waals surface area contributed by atoms with Crippen molar-refractivity contribution < 1.29 is 28.7 Å². The fourth-order valence-electron chi connectivity index (χ4n) is 7.63. The maximum Gasteiger partial charge on any atom is 0.407 e. The van der Waals surface area contributed by atoms with Crippen molar-refractivity contribution in [3.8, 4) is 33.5 Å². The summed E-state index contributed by atoms with van der Waals surface area (Å²) in [5.74, 6) is 7.27. The summed E-state index contributed by atoms with van der Waals surface area (Å²) in [5, 5.41) is 5.36.